The molecule has 2 N–H and O–H groups in total. The summed E-state index contributed by atoms with van der Waals surface area (Å²) in [4.78, 5) is 1.33. The molecule has 0 aromatic carbocycles. The Kier molecular flexibility index (Phi) is 2.95. The summed E-state index contributed by atoms with van der Waals surface area (Å²) in [5, 5.41) is 2.10. The maximum atomic E-state index is 5.72. The summed E-state index contributed by atoms with van der Waals surface area (Å²) < 4.78 is 0. The Hall–Kier alpha value is -0.730. The van der Waals surface area contributed by atoms with Crippen molar-refractivity contribution in [3.05, 3.63) is 39.7 Å². The van der Waals surface area contributed by atoms with E-state index in [4.69, 9.17) is 5.73 Å². The molecule has 0 fully saturated rings. The van der Waals surface area contributed by atoms with Gasteiger partial charge in [0, 0.05) is 17.0 Å². The first-order valence-electron chi connectivity index (χ1n) is 3.55. The van der Waals surface area contributed by atoms with Crippen LogP contribution in [-0.2, 0) is 6.42 Å². The van der Waals surface area contributed by atoms with E-state index >= 15 is 0 Å². The van der Waals surface area contributed by atoms with Crippen LogP contribution in [0.3, 0.4) is 0 Å². The Balaban J connectivity index is 0.000000720. The van der Waals surface area contributed by atoms with Gasteiger partial charge in [0.05, 0.1) is 0 Å². The van der Waals surface area contributed by atoms with Gasteiger partial charge in [0.25, 0.3) is 0 Å². The molecule has 0 bridgehead atoms. The summed E-state index contributed by atoms with van der Waals surface area (Å²) in [6.45, 7) is 0. The lowest BCUT2D eigenvalue weighted by atomic mass is 10.2. The summed E-state index contributed by atoms with van der Waals surface area (Å²) in [6.07, 6.45) is 6.98. The molecule has 2 rings (SSSR count). The molecule has 0 radical (unpaired) electrons. The minimum atomic E-state index is 0. The van der Waals surface area contributed by atoms with E-state index in [0.29, 0.717) is 0 Å². The first kappa shape index (κ1) is 9.36. The van der Waals surface area contributed by atoms with Crippen molar-refractivity contribution in [1.82, 2.24) is 0 Å². The fraction of sp³-hybridized carbons (Fsp3) is 0.111. The van der Waals surface area contributed by atoms with Gasteiger partial charge >= 0.3 is 0 Å². The van der Waals surface area contributed by atoms with Crippen LogP contribution in [-0.4, -0.2) is 0 Å². The topological polar surface area (TPSA) is 26.0 Å². The molecule has 12 heavy (non-hydrogen) atoms. The van der Waals surface area contributed by atoms with Crippen molar-refractivity contribution >= 4 is 29.8 Å². The zero-order chi connectivity index (χ0) is 7.68. The van der Waals surface area contributed by atoms with Crippen LogP contribution >= 0.6 is 23.7 Å². The summed E-state index contributed by atoms with van der Waals surface area (Å²) in [5.74, 6) is 0. The zero-order valence-corrected chi connectivity index (χ0v) is 8.12. The third-order valence-corrected chi connectivity index (χ3v) is 2.66. The SMILES string of the molecule is Cl.NC1=CC=Cc2sccc2C1. The van der Waals surface area contributed by atoms with Crippen molar-refractivity contribution in [3.8, 4) is 0 Å². The molecule has 1 aromatic rings. The number of allylic oxidation sites excluding steroid dienone is 3. The molecule has 64 valence electrons. The van der Waals surface area contributed by atoms with Crippen molar-refractivity contribution in [2.75, 3.05) is 0 Å². The van der Waals surface area contributed by atoms with Gasteiger partial charge in [-0.3, -0.25) is 0 Å². The highest BCUT2D eigenvalue weighted by Crippen LogP contribution is 2.22. The highest BCUT2D eigenvalue weighted by atomic mass is 35.5. The number of hydrogen-bond acceptors (Lipinski definition) is 2. The molecule has 1 aromatic heterocycles. The normalized spacial score (nSPS) is 14.2. The zero-order valence-electron chi connectivity index (χ0n) is 6.49. The molecular formula is C9H10ClNS. The lowest BCUT2D eigenvalue weighted by Gasteiger charge is -1.96. The monoisotopic (exact) mass is 199 g/mol. The highest BCUT2D eigenvalue weighted by Gasteiger charge is 2.03. The van der Waals surface area contributed by atoms with Crippen LogP contribution in [0, 0.1) is 0 Å². The number of thiophene rings is 1. The van der Waals surface area contributed by atoms with Crippen molar-refractivity contribution in [1.29, 1.82) is 0 Å². The predicted octanol–water partition coefficient (Wildman–Crippen LogP) is 2.58. The van der Waals surface area contributed by atoms with E-state index in [1.54, 1.807) is 11.3 Å². The molecule has 0 spiro atoms. The number of rotatable bonds is 0. The van der Waals surface area contributed by atoms with E-state index < -0.39 is 0 Å². The molecule has 0 saturated heterocycles. The van der Waals surface area contributed by atoms with Crippen LogP contribution in [0.25, 0.3) is 6.08 Å². The van der Waals surface area contributed by atoms with Gasteiger partial charge in [-0.15, -0.1) is 23.7 Å². The second kappa shape index (κ2) is 3.78. The van der Waals surface area contributed by atoms with E-state index in [-0.39, 0.29) is 12.4 Å². The Bertz CT molecular complexity index is 325. The minimum Gasteiger partial charge on any atom is -0.402 e. The van der Waals surface area contributed by atoms with Gasteiger partial charge in [-0.05, 0) is 29.2 Å². The van der Waals surface area contributed by atoms with Gasteiger partial charge in [0.2, 0.25) is 0 Å². The number of fused-ring (bicyclic) bond motifs is 1. The number of halogens is 1. The van der Waals surface area contributed by atoms with Crippen LogP contribution in [0.1, 0.15) is 10.4 Å². The Morgan fingerprint density at radius 1 is 1.42 bits per heavy atom. The molecule has 3 heteroatoms. The van der Waals surface area contributed by atoms with Gasteiger partial charge in [0.1, 0.15) is 0 Å². The Morgan fingerprint density at radius 2 is 2.25 bits per heavy atom. The summed E-state index contributed by atoms with van der Waals surface area (Å²) in [7, 11) is 0. The Morgan fingerprint density at radius 3 is 3.08 bits per heavy atom. The van der Waals surface area contributed by atoms with E-state index in [9.17, 15) is 0 Å². The lowest BCUT2D eigenvalue weighted by Crippen LogP contribution is -1.99. The molecule has 0 aliphatic heterocycles. The quantitative estimate of drug-likeness (QED) is 0.683. The molecule has 1 aliphatic carbocycles. The lowest BCUT2D eigenvalue weighted by molar-refractivity contribution is 1.12. The van der Waals surface area contributed by atoms with E-state index in [0.717, 1.165) is 12.1 Å². The average molecular weight is 200 g/mol. The fourth-order valence-electron chi connectivity index (χ4n) is 1.18. The van der Waals surface area contributed by atoms with Gasteiger partial charge in [-0.25, -0.2) is 0 Å². The van der Waals surface area contributed by atoms with Crippen molar-refractivity contribution in [2.45, 2.75) is 6.42 Å². The van der Waals surface area contributed by atoms with Gasteiger partial charge < -0.3 is 5.73 Å². The molecule has 0 saturated carbocycles. The molecule has 0 unspecified atom stereocenters. The first-order chi connectivity index (χ1) is 5.36. The van der Waals surface area contributed by atoms with E-state index in [1.165, 1.54) is 10.4 Å². The van der Waals surface area contributed by atoms with Crippen LogP contribution in [0.15, 0.2) is 29.3 Å². The Labute approximate surface area is 82.0 Å². The number of nitrogens with two attached hydrogens (primary N) is 1. The van der Waals surface area contributed by atoms with E-state index in [1.807, 2.05) is 12.2 Å². The highest BCUT2D eigenvalue weighted by molar-refractivity contribution is 7.11. The van der Waals surface area contributed by atoms with Crippen molar-refractivity contribution in [3.63, 3.8) is 0 Å². The van der Waals surface area contributed by atoms with Gasteiger partial charge in [-0.1, -0.05) is 6.08 Å². The number of hydrogen-bond donors (Lipinski definition) is 1. The summed E-state index contributed by atoms with van der Waals surface area (Å²) >= 11 is 1.77. The molecule has 1 heterocycles. The largest absolute Gasteiger partial charge is 0.402 e. The van der Waals surface area contributed by atoms with Crippen molar-refractivity contribution < 1.29 is 0 Å². The minimum absolute atomic E-state index is 0. The average Bonchev–Trinajstić information content (AvgIpc) is 2.31. The van der Waals surface area contributed by atoms with Crippen LogP contribution in [0.4, 0.5) is 0 Å². The third kappa shape index (κ3) is 1.71. The second-order valence-corrected chi connectivity index (χ2v) is 3.54. The van der Waals surface area contributed by atoms with Crippen LogP contribution in [0.5, 0.6) is 0 Å². The third-order valence-electron chi connectivity index (χ3n) is 1.73. The second-order valence-electron chi connectivity index (χ2n) is 2.59. The first-order valence-corrected chi connectivity index (χ1v) is 4.43. The van der Waals surface area contributed by atoms with Gasteiger partial charge in [-0.2, -0.15) is 0 Å². The molecule has 1 nitrogen and oxygen atoms in total. The maximum Gasteiger partial charge on any atom is 0.0306 e. The molecule has 0 amide bonds. The van der Waals surface area contributed by atoms with Gasteiger partial charge in [0.15, 0.2) is 0 Å². The summed E-state index contributed by atoms with van der Waals surface area (Å²) in [6, 6.07) is 2.14. The van der Waals surface area contributed by atoms with Crippen LogP contribution < -0.4 is 5.73 Å². The van der Waals surface area contributed by atoms with Crippen LogP contribution in [0.2, 0.25) is 0 Å². The summed E-state index contributed by atoms with van der Waals surface area (Å²) in [5.41, 5.74) is 8.01. The standard InChI is InChI=1S/C9H9NS.ClH/c10-8-2-1-3-9-7(6-8)4-5-11-9;/h1-5H,6,10H2;1H. The predicted molar refractivity (Wildman–Crippen MR) is 56.6 cm³/mol. The maximum absolute atomic E-state index is 5.72. The van der Waals surface area contributed by atoms with E-state index in [2.05, 4.69) is 17.5 Å². The molecule has 0 atom stereocenters. The molecule has 1 aliphatic rings. The molecular weight excluding hydrogens is 190 g/mol. The fourth-order valence-corrected chi connectivity index (χ4v) is 2.01. The smallest absolute Gasteiger partial charge is 0.0306 e. The van der Waals surface area contributed by atoms with Crippen molar-refractivity contribution in [2.24, 2.45) is 5.73 Å².